The summed E-state index contributed by atoms with van der Waals surface area (Å²) in [5.41, 5.74) is 1.04. The van der Waals surface area contributed by atoms with Gasteiger partial charge >= 0.3 is 6.18 Å². The first-order valence-corrected chi connectivity index (χ1v) is 14.3. The Bertz CT molecular complexity index is 1860. The van der Waals surface area contributed by atoms with Crippen LogP contribution >= 0.6 is 11.6 Å². The first-order chi connectivity index (χ1) is 18.5. The molecule has 0 fully saturated rings. The number of hydrogen-bond acceptors (Lipinski definition) is 2. The van der Waals surface area contributed by atoms with E-state index >= 15 is 0 Å². The van der Waals surface area contributed by atoms with Crippen LogP contribution < -0.4 is 0 Å². The molecule has 2 unspecified atom stereocenters. The highest BCUT2D eigenvalue weighted by molar-refractivity contribution is 7.91. The van der Waals surface area contributed by atoms with Gasteiger partial charge in [-0.15, -0.1) is 0 Å². The summed E-state index contributed by atoms with van der Waals surface area (Å²) in [6.45, 7) is 0. The molecule has 0 saturated heterocycles. The maximum absolute atomic E-state index is 14.2. The predicted octanol–water partition coefficient (Wildman–Crippen LogP) is 9.05. The second kappa shape index (κ2) is 9.35. The van der Waals surface area contributed by atoms with Gasteiger partial charge in [0.1, 0.15) is 5.82 Å². The summed E-state index contributed by atoms with van der Waals surface area (Å²) in [4.78, 5) is -0.385. The highest BCUT2D eigenvalue weighted by atomic mass is 35.5. The average molecular weight is 569 g/mol. The fourth-order valence-electron chi connectivity index (χ4n) is 5.76. The van der Waals surface area contributed by atoms with Crippen LogP contribution in [0.5, 0.6) is 0 Å². The number of hydrogen-bond donors (Lipinski definition) is 0. The number of halogens is 5. The van der Waals surface area contributed by atoms with E-state index in [1.807, 2.05) is 48.5 Å². The van der Waals surface area contributed by atoms with E-state index < -0.39 is 32.6 Å². The van der Waals surface area contributed by atoms with Crippen molar-refractivity contribution in [2.75, 3.05) is 0 Å². The van der Waals surface area contributed by atoms with Crippen LogP contribution in [0.4, 0.5) is 17.6 Å². The van der Waals surface area contributed by atoms with Gasteiger partial charge in [-0.1, -0.05) is 72.3 Å². The topological polar surface area (TPSA) is 34.1 Å². The Hall–Kier alpha value is -3.42. The normalized spacial score (nSPS) is 17.9. The lowest BCUT2D eigenvalue weighted by atomic mass is 9.78. The van der Waals surface area contributed by atoms with Gasteiger partial charge in [-0.25, -0.2) is 12.8 Å². The van der Waals surface area contributed by atoms with Crippen LogP contribution in [0.2, 0.25) is 5.02 Å². The van der Waals surface area contributed by atoms with Gasteiger partial charge in [0.2, 0.25) is 0 Å². The standard InChI is InChI=1S/C31H21ClF4O2S/c32-27-15-19(10-13-28(27)33)21-14-20-9-11-25-24-7-2-1-4-18(24)8-12-26(25)30(20)29(16-21)39(37,38)23-6-3-5-22(17-23)31(34,35)36/h1-13,15,17,21,29H,14,16H2. The summed E-state index contributed by atoms with van der Waals surface area (Å²) < 4.78 is 82.8. The molecule has 2 nitrogen and oxygen atoms in total. The molecule has 0 radical (unpaired) electrons. The Morgan fingerprint density at radius 2 is 1.56 bits per heavy atom. The van der Waals surface area contributed by atoms with E-state index in [-0.39, 0.29) is 22.3 Å². The van der Waals surface area contributed by atoms with Crippen LogP contribution in [0.25, 0.3) is 21.5 Å². The van der Waals surface area contributed by atoms with Crippen molar-refractivity contribution in [3.05, 3.63) is 124 Å². The van der Waals surface area contributed by atoms with Gasteiger partial charge in [0.05, 0.1) is 20.7 Å². The molecule has 6 rings (SSSR count). The van der Waals surface area contributed by atoms with Crippen LogP contribution in [-0.2, 0) is 22.4 Å². The number of fused-ring (bicyclic) bond motifs is 5. The van der Waals surface area contributed by atoms with E-state index in [1.54, 1.807) is 6.07 Å². The molecule has 39 heavy (non-hydrogen) atoms. The second-order valence-corrected chi connectivity index (χ2v) is 12.4. The third kappa shape index (κ3) is 4.47. The summed E-state index contributed by atoms with van der Waals surface area (Å²) in [5, 5.41) is 2.39. The van der Waals surface area contributed by atoms with Crippen molar-refractivity contribution >= 4 is 43.0 Å². The molecule has 8 heteroatoms. The second-order valence-electron chi connectivity index (χ2n) is 9.89. The fraction of sp³-hybridized carbons (Fsp3) is 0.161. The molecule has 0 aliphatic heterocycles. The average Bonchev–Trinajstić information content (AvgIpc) is 2.93. The van der Waals surface area contributed by atoms with Crippen molar-refractivity contribution < 1.29 is 26.0 Å². The van der Waals surface area contributed by atoms with Crippen molar-refractivity contribution in [1.29, 1.82) is 0 Å². The zero-order valence-electron chi connectivity index (χ0n) is 20.3. The SMILES string of the molecule is O=S(=O)(c1cccc(C(F)(F)F)c1)C1CC(c2ccc(F)c(Cl)c2)Cc2ccc3c(ccc4ccccc43)c21. The van der Waals surface area contributed by atoms with Crippen molar-refractivity contribution in [2.24, 2.45) is 0 Å². The van der Waals surface area contributed by atoms with E-state index in [1.165, 1.54) is 18.2 Å². The number of sulfone groups is 1. The molecule has 5 aromatic rings. The minimum Gasteiger partial charge on any atom is -0.223 e. The van der Waals surface area contributed by atoms with Gasteiger partial charge in [-0.05, 0) is 87.3 Å². The molecular weight excluding hydrogens is 548 g/mol. The molecule has 198 valence electrons. The molecule has 0 amide bonds. The van der Waals surface area contributed by atoms with Crippen molar-refractivity contribution in [1.82, 2.24) is 0 Å². The Morgan fingerprint density at radius 3 is 2.33 bits per heavy atom. The highest BCUT2D eigenvalue weighted by Gasteiger charge is 2.40. The van der Waals surface area contributed by atoms with Gasteiger partial charge in [0.25, 0.3) is 0 Å². The monoisotopic (exact) mass is 568 g/mol. The van der Waals surface area contributed by atoms with Crippen LogP contribution in [0, 0.1) is 5.82 Å². The molecule has 0 spiro atoms. The van der Waals surface area contributed by atoms with Crippen molar-refractivity contribution in [3.8, 4) is 0 Å². The maximum atomic E-state index is 14.2. The quantitative estimate of drug-likeness (QED) is 0.161. The number of benzene rings is 5. The van der Waals surface area contributed by atoms with E-state index in [4.69, 9.17) is 11.6 Å². The van der Waals surface area contributed by atoms with Gasteiger partial charge in [0, 0.05) is 0 Å². The van der Waals surface area contributed by atoms with E-state index in [9.17, 15) is 26.0 Å². The number of rotatable bonds is 3. The van der Waals surface area contributed by atoms with Crippen molar-refractivity contribution in [2.45, 2.75) is 35.1 Å². The fourth-order valence-corrected chi connectivity index (χ4v) is 7.91. The summed E-state index contributed by atoms with van der Waals surface area (Å²) in [6, 6.07) is 23.7. The lowest BCUT2D eigenvalue weighted by Crippen LogP contribution is -2.24. The summed E-state index contributed by atoms with van der Waals surface area (Å²) in [7, 11) is -4.27. The Morgan fingerprint density at radius 1 is 0.795 bits per heavy atom. The number of alkyl halides is 3. The molecule has 5 aromatic carbocycles. The van der Waals surface area contributed by atoms with Gasteiger partial charge in [-0.3, -0.25) is 0 Å². The van der Waals surface area contributed by atoms with Crippen LogP contribution in [0.1, 0.15) is 39.8 Å². The Labute approximate surface area is 227 Å². The van der Waals surface area contributed by atoms with Crippen molar-refractivity contribution in [3.63, 3.8) is 0 Å². The third-order valence-corrected chi connectivity index (χ3v) is 10.0. The molecule has 2 atom stereocenters. The molecule has 0 bridgehead atoms. The first kappa shape index (κ1) is 25.8. The molecule has 1 aliphatic rings. The summed E-state index contributed by atoms with van der Waals surface area (Å²) in [6.07, 6.45) is -4.09. The zero-order chi connectivity index (χ0) is 27.5. The molecular formula is C31H21ClF4O2S. The van der Waals surface area contributed by atoms with Gasteiger partial charge in [-0.2, -0.15) is 13.2 Å². The lowest BCUT2D eigenvalue weighted by molar-refractivity contribution is -0.137. The Balaban J connectivity index is 1.58. The minimum absolute atomic E-state index is 0.0689. The Kier molecular flexibility index (Phi) is 6.19. The predicted molar refractivity (Wildman–Crippen MR) is 145 cm³/mol. The lowest BCUT2D eigenvalue weighted by Gasteiger charge is -2.33. The largest absolute Gasteiger partial charge is 0.416 e. The summed E-state index contributed by atoms with van der Waals surface area (Å²) >= 11 is 6.05. The molecule has 0 aromatic heterocycles. The molecule has 1 aliphatic carbocycles. The van der Waals surface area contributed by atoms with Crippen LogP contribution in [0.15, 0.2) is 95.9 Å². The molecule has 0 N–H and O–H groups in total. The smallest absolute Gasteiger partial charge is 0.223 e. The third-order valence-electron chi connectivity index (χ3n) is 7.62. The minimum atomic E-state index is -4.69. The summed E-state index contributed by atoms with van der Waals surface area (Å²) in [5.74, 6) is -0.915. The van der Waals surface area contributed by atoms with Crippen LogP contribution in [-0.4, -0.2) is 8.42 Å². The van der Waals surface area contributed by atoms with Gasteiger partial charge < -0.3 is 0 Å². The van der Waals surface area contributed by atoms with E-state index in [0.717, 1.165) is 39.2 Å². The van der Waals surface area contributed by atoms with E-state index in [0.29, 0.717) is 23.6 Å². The molecule has 0 saturated carbocycles. The molecule has 0 heterocycles. The first-order valence-electron chi connectivity index (χ1n) is 12.3. The maximum Gasteiger partial charge on any atom is 0.416 e. The van der Waals surface area contributed by atoms with Gasteiger partial charge in [0.15, 0.2) is 9.84 Å². The highest BCUT2D eigenvalue weighted by Crippen LogP contribution is 2.48. The zero-order valence-corrected chi connectivity index (χ0v) is 21.9. The van der Waals surface area contributed by atoms with Crippen LogP contribution in [0.3, 0.4) is 0 Å². The van der Waals surface area contributed by atoms with E-state index in [2.05, 4.69) is 0 Å².